The monoisotopic (exact) mass is 292 g/mol. The minimum atomic E-state index is -0.808. The van der Waals surface area contributed by atoms with Crippen molar-refractivity contribution in [3.8, 4) is 11.8 Å². The maximum absolute atomic E-state index is 13.2. The number of carbonyl (C=O) groups is 2. The van der Waals surface area contributed by atoms with Gasteiger partial charge in [-0.2, -0.15) is 0 Å². The smallest absolute Gasteiger partial charge is 0.328 e. The number of benzene rings is 1. The van der Waals surface area contributed by atoms with Crippen LogP contribution in [0.5, 0.6) is 0 Å². The Hall–Kier alpha value is -2.39. The van der Waals surface area contributed by atoms with E-state index in [-0.39, 0.29) is 24.3 Å². The Balaban J connectivity index is 2.94. The van der Waals surface area contributed by atoms with E-state index in [9.17, 15) is 14.0 Å². The van der Waals surface area contributed by atoms with Crippen LogP contribution in [0.25, 0.3) is 0 Å². The van der Waals surface area contributed by atoms with E-state index >= 15 is 0 Å². The van der Waals surface area contributed by atoms with Crippen molar-refractivity contribution in [1.29, 1.82) is 0 Å². The SMILES string of the molecule is CCOC(=O)C(C)NC(=O)c1ccc(F)cc1C#CCN. The molecule has 0 aromatic heterocycles. The van der Waals surface area contributed by atoms with Crippen LogP contribution in [0.2, 0.25) is 0 Å². The molecule has 0 aliphatic heterocycles. The summed E-state index contributed by atoms with van der Waals surface area (Å²) in [7, 11) is 0. The van der Waals surface area contributed by atoms with Crippen molar-refractivity contribution in [2.75, 3.05) is 13.2 Å². The number of nitrogens with two attached hydrogens (primary N) is 1. The molecule has 5 nitrogen and oxygen atoms in total. The quantitative estimate of drug-likeness (QED) is 0.636. The summed E-state index contributed by atoms with van der Waals surface area (Å²) < 4.78 is 18.0. The Kier molecular flexibility index (Phi) is 6.37. The van der Waals surface area contributed by atoms with Crippen LogP contribution >= 0.6 is 0 Å². The predicted octanol–water partition coefficient (Wildman–Crippen LogP) is 0.817. The van der Waals surface area contributed by atoms with Gasteiger partial charge in [0.2, 0.25) is 0 Å². The number of nitrogens with one attached hydrogen (secondary N) is 1. The molecule has 3 N–H and O–H groups in total. The first kappa shape index (κ1) is 16.7. The number of hydrogen-bond donors (Lipinski definition) is 2. The van der Waals surface area contributed by atoms with Crippen molar-refractivity contribution in [2.45, 2.75) is 19.9 Å². The maximum atomic E-state index is 13.2. The van der Waals surface area contributed by atoms with Gasteiger partial charge in [0.1, 0.15) is 11.9 Å². The van der Waals surface area contributed by atoms with Crippen LogP contribution in [-0.2, 0) is 9.53 Å². The number of ether oxygens (including phenoxy) is 1. The summed E-state index contributed by atoms with van der Waals surface area (Å²) in [6.45, 7) is 3.50. The fourth-order valence-electron chi connectivity index (χ4n) is 1.56. The second kappa shape index (κ2) is 8.02. The van der Waals surface area contributed by atoms with Gasteiger partial charge in [-0.3, -0.25) is 4.79 Å². The van der Waals surface area contributed by atoms with Crippen LogP contribution in [0, 0.1) is 17.7 Å². The third-order valence-electron chi connectivity index (χ3n) is 2.54. The van der Waals surface area contributed by atoms with Crippen molar-refractivity contribution in [3.05, 3.63) is 35.1 Å². The van der Waals surface area contributed by atoms with Gasteiger partial charge in [0, 0.05) is 5.56 Å². The topological polar surface area (TPSA) is 81.4 Å². The summed E-state index contributed by atoms with van der Waals surface area (Å²) in [6, 6.07) is 2.80. The Bertz CT molecular complexity index is 590. The van der Waals surface area contributed by atoms with Gasteiger partial charge in [-0.15, -0.1) is 0 Å². The molecular formula is C15H17FN2O3. The Labute approximate surface area is 122 Å². The molecule has 1 rings (SSSR count). The highest BCUT2D eigenvalue weighted by atomic mass is 19.1. The normalized spacial score (nSPS) is 11.0. The van der Waals surface area contributed by atoms with Crippen LogP contribution in [-0.4, -0.2) is 31.1 Å². The molecule has 6 heteroatoms. The van der Waals surface area contributed by atoms with E-state index < -0.39 is 23.7 Å². The van der Waals surface area contributed by atoms with E-state index in [0.717, 1.165) is 12.1 Å². The van der Waals surface area contributed by atoms with Gasteiger partial charge in [-0.05, 0) is 32.0 Å². The molecule has 1 aromatic carbocycles. The minimum Gasteiger partial charge on any atom is -0.464 e. The van der Waals surface area contributed by atoms with Gasteiger partial charge in [0.15, 0.2) is 0 Å². The molecule has 0 bridgehead atoms. The molecule has 0 saturated heterocycles. The second-order valence-corrected chi connectivity index (χ2v) is 4.14. The lowest BCUT2D eigenvalue weighted by Gasteiger charge is -2.13. The molecule has 1 atom stereocenters. The highest BCUT2D eigenvalue weighted by Crippen LogP contribution is 2.11. The molecule has 21 heavy (non-hydrogen) atoms. The molecule has 0 spiro atoms. The molecule has 0 saturated carbocycles. The van der Waals surface area contributed by atoms with E-state index in [0.29, 0.717) is 0 Å². The second-order valence-electron chi connectivity index (χ2n) is 4.14. The maximum Gasteiger partial charge on any atom is 0.328 e. The third-order valence-corrected chi connectivity index (χ3v) is 2.54. The van der Waals surface area contributed by atoms with Crippen LogP contribution in [0.1, 0.15) is 29.8 Å². The zero-order valence-corrected chi connectivity index (χ0v) is 11.9. The number of carbonyl (C=O) groups excluding carboxylic acids is 2. The van der Waals surface area contributed by atoms with Gasteiger partial charge in [0.05, 0.1) is 18.7 Å². The fraction of sp³-hybridized carbons (Fsp3) is 0.333. The van der Waals surface area contributed by atoms with E-state index in [1.165, 1.54) is 13.0 Å². The molecule has 0 radical (unpaired) electrons. The Morgan fingerprint density at radius 1 is 1.48 bits per heavy atom. The number of halogens is 1. The summed E-state index contributed by atoms with van der Waals surface area (Å²) in [6.07, 6.45) is 0. The first-order valence-corrected chi connectivity index (χ1v) is 6.45. The van der Waals surface area contributed by atoms with Gasteiger partial charge in [-0.1, -0.05) is 11.8 Å². The molecule has 0 heterocycles. The molecular weight excluding hydrogens is 275 g/mol. The van der Waals surface area contributed by atoms with E-state index in [1.807, 2.05) is 0 Å². The Morgan fingerprint density at radius 3 is 2.81 bits per heavy atom. The highest BCUT2D eigenvalue weighted by Gasteiger charge is 2.19. The van der Waals surface area contributed by atoms with Crippen LogP contribution in [0.15, 0.2) is 18.2 Å². The fourth-order valence-corrected chi connectivity index (χ4v) is 1.56. The van der Waals surface area contributed by atoms with Crippen LogP contribution in [0.4, 0.5) is 4.39 Å². The van der Waals surface area contributed by atoms with Gasteiger partial charge in [0.25, 0.3) is 5.91 Å². The van der Waals surface area contributed by atoms with Crippen LogP contribution < -0.4 is 11.1 Å². The number of esters is 1. The first-order valence-electron chi connectivity index (χ1n) is 6.45. The predicted molar refractivity (Wildman–Crippen MR) is 75.9 cm³/mol. The van der Waals surface area contributed by atoms with Crippen molar-refractivity contribution < 1.29 is 18.7 Å². The molecule has 0 aliphatic carbocycles. The summed E-state index contributed by atoms with van der Waals surface area (Å²) in [4.78, 5) is 23.6. The zero-order valence-electron chi connectivity index (χ0n) is 11.9. The summed E-state index contributed by atoms with van der Waals surface area (Å²) in [5, 5.41) is 2.48. The van der Waals surface area contributed by atoms with Gasteiger partial charge < -0.3 is 15.8 Å². The van der Waals surface area contributed by atoms with Crippen molar-refractivity contribution in [1.82, 2.24) is 5.32 Å². The van der Waals surface area contributed by atoms with Gasteiger partial charge in [-0.25, -0.2) is 9.18 Å². The molecule has 1 unspecified atom stereocenters. The third kappa shape index (κ3) is 4.89. The lowest BCUT2D eigenvalue weighted by molar-refractivity contribution is -0.144. The van der Waals surface area contributed by atoms with E-state index in [1.54, 1.807) is 6.92 Å². The molecule has 1 amide bonds. The zero-order chi connectivity index (χ0) is 15.8. The standard InChI is InChI=1S/C15H17FN2O3/c1-3-21-15(20)10(2)18-14(19)13-7-6-12(16)9-11(13)5-4-8-17/h6-7,9-10H,3,8,17H2,1-2H3,(H,18,19). The average Bonchev–Trinajstić information content (AvgIpc) is 2.45. The van der Waals surface area contributed by atoms with Crippen molar-refractivity contribution in [2.24, 2.45) is 5.73 Å². The number of hydrogen-bond acceptors (Lipinski definition) is 4. The average molecular weight is 292 g/mol. The van der Waals surface area contributed by atoms with Crippen molar-refractivity contribution in [3.63, 3.8) is 0 Å². The van der Waals surface area contributed by atoms with E-state index in [4.69, 9.17) is 10.5 Å². The summed E-state index contributed by atoms with van der Waals surface area (Å²) in [5.74, 6) is 3.62. The summed E-state index contributed by atoms with van der Waals surface area (Å²) in [5.41, 5.74) is 5.66. The minimum absolute atomic E-state index is 0.0940. The van der Waals surface area contributed by atoms with Gasteiger partial charge >= 0.3 is 5.97 Å². The Morgan fingerprint density at radius 2 is 2.19 bits per heavy atom. The molecule has 1 aromatic rings. The molecule has 0 aliphatic rings. The van der Waals surface area contributed by atoms with Crippen LogP contribution in [0.3, 0.4) is 0 Å². The summed E-state index contributed by atoms with van der Waals surface area (Å²) >= 11 is 0. The number of amides is 1. The van der Waals surface area contributed by atoms with E-state index in [2.05, 4.69) is 17.2 Å². The van der Waals surface area contributed by atoms with Crippen molar-refractivity contribution >= 4 is 11.9 Å². The lowest BCUT2D eigenvalue weighted by Crippen LogP contribution is -2.39. The highest BCUT2D eigenvalue weighted by molar-refractivity contribution is 5.98. The first-order chi connectivity index (χ1) is 9.99. The molecule has 112 valence electrons. The lowest BCUT2D eigenvalue weighted by atomic mass is 10.1. The number of rotatable bonds is 4. The molecule has 0 fully saturated rings. The largest absolute Gasteiger partial charge is 0.464 e.